The van der Waals surface area contributed by atoms with Gasteiger partial charge in [0.15, 0.2) is 5.69 Å². The van der Waals surface area contributed by atoms with Crippen molar-refractivity contribution in [2.24, 2.45) is 0 Å². The van der Waals surface area contributed by atoms with Gasteiger partial charge in [0.05, 0.1) is 23.5 Å². The molecule has 2 rings (SSSR count). The molecule has 0 bridgehead atoms. The minimum absolute atomic E-state index is 0.153. The lowest BCUT2D eigenvalue weighted by Crippen LogP contribution is -2.20. The highest BCUT2D eigenvalue weighted by molar-refractivity contribution is 5.51. The van der Waals surface area contributed by atoms with E-state index in [2.05, 4.69) is 4.98 Å². The Balaban J connectivity index is 2.72. The summed E-state index contributed by atoms with van der Waals surface area (Å²) >= 11 is 0. The highest BCUT2D eigenvalue weighted by Gasteiger charge is 2.38. The smallest absolute Gasteiger partial charge is 0.420 e. The minimum atomic E-state index is -4.93. The molecule has 0 aliphatic heterocycles. The van der Waals surface area contributed by atoms with Gasteiger partial charge in [0, 0.05) is 6.92 Å². The zero-order valence-electron chi connectivity index (χ0n) is 12.8. The number of halogens is 5. The van der Waals surface area contributed by atoms with Crippen LogP contribution >= 0.6 is 0 Å². The summed E-state index contributed by atoms with van der Waals surface area (Å²) in [5.74, 6) is -5.52. The first-order chi connectivity index (χ1) is 11.4. The van der Waals surface area contributed by atoms with Crippen molar-refractivity contribution in [2.45, 2.75) is 25.9 Å². The monoisotopic (exact) mass is 359 g/mol. The van der Waals surface area contributed by atoms with E-state index in [1.165, 1.54) is 6.92 Å². The summed E-state index contributed by atoms with van der Waals surface area (Å²) in [6.45, 7) is 1.62. The molecule has 2 aromatic rings. The Bertz CT molecular complexity index is 907. The Kier molecular flexibility index (Phi) is 4.53. The van der Waals surface area contributed by atoms with Crippen molar-refractivity contribution < 1.29 is 26.7 Å². The number of aromatic nitrogens is 2. The van der Waals surface area contributed by atoms with Crippen molar-refractivity contribution in [3.8, 4) is 17.6 Å². The molecule has 10 heteroatoms. The summed E-state index contributed by atoms with van der Waals surface area (Å²) < 4.78 is 71.9. The van der Waals surface area contributed by atoms with Gasteiger partial charge in [0.1, 0.15) is 5.75 Å². The first-order valence-corrected chi connectivity index (χ1v) is 6.71. The quantitative estimate of drug-likeness (QED) is 0.844. The summed E-state index contributed by atoms with van der Waals surface area (Å²) in [5, 5.41) is 8.81. The molecule has 0 amide bonds. The third-order valence-electron chi connectivity index (χ3n) is 3.14. The fourth-order valence-corrected chi connectivity index (χ4v) is 2.08. The van der Waals surface area contributed by atoms with E-state index in [0.29, 0.717) is 19.3 Å². The van der Waals surface area contributed by atoms with E-state index in [9.17, 15) is 26.7 Å². The largest absolute Gasteiger partial charge is 0.448 e. The van der Waals surface area contributed by atoms with Crippen molar-refractivity contribution in [1.82, 2.24) is 9.97 Å². The molecule has 5 nitrogen and oxygen atoms in total. The number of nitriles is 1. The Morgan fingerprint density at radius 2 is 1.84 bits per heavy atom. The average Bonchev–Trinajstić information content (AvgIpc) is 2.48. The van der Waals surface area contributed by atoms with E-state index >= 15 is 0 Å². The van der Waals surface area contributed by atoms with Gasteiger partial charge in [-0.3, -0.25) is 4.79 Å². The van der Waals surface area contributed by atoms with Crippen LogP contribution in [-0.2, 0) is 12.1 Å². The van der Waals surface area contributed by atoms with Crippen LogP contribution in [0.1, 0.15) is 29.3 Å². The Labute approximate surface area is 137 Å². The Morgan fingerprint density at radius 3 is 2.36 bits per heavy atom. The lowest BCUT2D eigenvalue weighted by molar-refractivity contribution is -0.138. The van der Waals surface area contributed by atoms with E-state index in [-0.39, 0.29) is 11.1 Å². The predicted molar refractivity (Wildman–Crippen MR) is 75.4 cm³/mol. The number of alkyl halides is 5. The van der Waals surface area contributed by atoms with Crippen LogP contribution < -0.4 is 10.3 Å². The molecular weight excluding hydrogens is 349 g/mol. The number of nitrogens with zero attached hydrogens (tertiary/aromatic N) is 2. The molecular formula is C15H10F5N3O2. The lowest BCUT2D eigenvalue weighted by Gasteiger charge is -2.18. The topological polar surface area (TPSA) is 78.8 Å². The molecule has 0 aliphatic carbocycles. The van der Waals surface area contributed by atoms with Gasteiger partial charge in [-0.25, -0.2) is 4.98 Å². The number of benzene rings is 1. The van der Waals surface area contributed by atoms with Crippen molar-refractivity contribution in [1.29, 1.82) is 5.26 Å². The maximum absolute atomic E-state index is 13.6. The molecule has 1 aromatic carbocycles. The maximum atomic E-state index is 13.6. The number of rotatable bonds is 3. The molecule has 0 spiro atoms. The second kappa shape index (κ2) is 6.16. The van der Waals surface area contributed by atoms with Crippen LogP contribution in [0.25, 0.3) is 0 Å². The van der Waals surface area contributed by atoms with Crippen LogP contribution in [0.3, 0.4) is 0 Å². The van der Waals surface area contributed by atoms with Gasteiger partial charge in [-0.15, -0.1) is 0 Å². The summed E-state index contributed by atoms with van der Waals surface area (Å²) in [6, 6.07) is 3.16. The van der Waals surface area contributed by atoms with Gasteiger partial charge < -0.3 is 9.72 Å². The van der Waals surface area contributed by atoms with Crippen molar-refractivity contribution in [3.05, 3.63) is 51.2 Å². The number of aryl methyl sites for hydroxylation is 1. The molecule has 1 heterocycles. The molecule has 0 radical (unpaired) electrons. The summed E-state index contributed by atoms with van der Waals surface area (Å²) in [4.78, 5) is 17.1. The molecule has 0 saturated carbocycles. The van der Waals surface area contributed by atoms with E-state index in [4.69, 9.17) is 10.00 Å². The van der Waals surface area contributed by atoms with Crippen molar-refractivity contribution >= 4 is 0 Å². The van der Waals surface area contributed by atoms with Crippen LogP contribution in [-0.4, -0.2) is 9.97 Å². The van der Waals surface area contributed by atoms with Crippen LogP contribution in [0.2, 0.25) is 0 Å². The number of ether oxygens (including phenoxy) is 1. The van der Waals surface area contributed by atoms with E-state index in [0.717, 1.165) is 6.07 Å². The van der Waals surface area contributed by atoms with Crippen LogP contribution in [0.5, 0.6) is 11.5 Å². The summed E-state index contributed by atoms with van der Waals surface area (Å²) in [7, 11) is 0. The number of hydrogen-bond acceptors (Lipinski definition) is 4. The first kappa shape index (κ1) is 18.4. The normalized spacial score (nSPS) is 11.9. The van der Waals surface area contributed by atoms with E-state index < -0.39 is 40.4 Å². The number of H-pyrrole nitrogens is 1. The van der Waals surface area contributed by atoms with Gasteiger partial charge in [-0.1, -0.05) is 0 Å². The third-order valence-corrected chi connectivity index (χ3v) is 3.14. The molecule has 0 aliphatic rings. The van der Waals surface area contributed by atoms with Gasteiger partial charge in [0.2, 0.25) is 5.75 Å². The molecule has 25 heavy (non-hydrogen) atoms. The molecule has 1 N–H and O–H groups in total. The number of nitrogens with one attached hydrogen (secondary N) is 1. The fourth-order valence-electron chi connectivity index (χ4n) is 2.08. The highest BCUT2D eigenvalue weighted by atomic mass is 19.4. The number of aromatic amines is 1. The Hall–Kier alpha value is -2.96. The predicted octanol–water partition coefficient (Wildman–Crippen LogP) is 3.87. The molecule has 0 atom stereocenters. The SMILES string of the molecule is Cc1cc(C#N)cc(C(F)(F)F)c1Oc1c(C(C)(F)F)nc[nH]c1=O. The van der Waals surface area contributed by atoms with Gasteiger partial charge in [-0.05, 0) is 24.6 Å². The Morgan fingerprint density at radius 1 is 1.20 bits per heavy atom. The van der Waals surface area contributed by atoms with Crippen molar-refractivity contribution in [2.75, 3.05) is 0 Å². The van der Waals surface area contributed by atoms with Gasteiger partial charge in [0.25, 0.3) is 11.5 Å². The zero-order valence-corrected chi connectivity index (χ0v) is 12.8. The van der Waals surface area contributed by atoms with E-state index in [1.807, 2.05) is 4.98 Å². The van der Waals surface area contributed by atoms with Crippen LogP contribution in [0.4, 0.5) is 22.0 Å². The van der Waals surface area contributed by atoms with Gasteiger partial charge >= 0.3 is 6.18 Å². The molecule has 0 saturated heterocycles. The standard InChI is InChI=1S/C15H10F5N3O2/c1-7-3-8(5-21)4-9(15(18,19)20)10(7)25-11-12(14(2,16)17)22-6-23-13(11)24/h3-4,6H,1-2H3,(H,22,23,24). The minimum Gasteiger partial charge on any atom is -0.448 e. The van der Waals surface area contributed by atoms with E-state index in [1.54, 1.807) is 6.07 Å². The third kappa shape index (κ3) is 3.76. The fraction of sp³-hybridized carbons (Fsp3) is 0.267. The molecule has 0 fully saturated rings. The van der Waals surface area contributed by atoms with Crippen molar-refractivity contribution in [3.63, 3.8) is 0 Å². The summed E-state index contributed by atoms with van der Waals surface area (Å²) in [6.07, 6.45) is -4.24. The lowest BCUT2D eigenvalue weighted by atomic mass is 10.0. The zero-order chi connectivity index (χ0) is 19.0. The van der Waals surface area contributed by atoms with Gasteiger partial charge in [-0.2, -0.15) is 27.2 Å². The van der Waals surface area contributed by atoms with Crippen LogP contribution in [0, 0.1) is 18.3 Å². The first-order valence-electron chi connectivity index (χ1n) is 6.71. The molecule has 132 valence electrons. The average molecular weight is 359 g/mol. The highest BCUT2D eigenvalue weighted by Crippen LogP contribution is 2.42. The number of hydrogen-bond donors (Lipinski definition) is 1. The second-order valence-electron chi connectivity index (χ2n) is 5.18. The van der Waals surface area contributed by atoms with Crippen LogP contribution in [0.15, 0.2) is 23.3 Å². The molecule has 0 unspecified atom stereocenters. The maximum Gasteiger partial charge on any atom is 0.420 e. The summed E-state index contributed by atoms with van der Waals surface area (Å²) in [5.41, 5.74) is -4.08. The molecule has 1 aromatic heterocycles. The second-order valence-corrected chi connectivity index (χ2v) is 5.18.